The van der Waals surface area contributed by atoms with E-state index in [1.54, 1.807) is 6.92 Å². The predicted octanol–water partition coefficient (Wildman–Crippen LogP) is 3.24. The molecule has 0 aliphatic heterocycles. The molecule has 0 aliphatic carbocycles. The van der Waals surface area contributed by atoms with Crippen LogP contribution in [-0.4, -0.2) is 12.2 Å². The zero-order valence-electron chi connectivity index (χ0n) is 12.0. The van der Waals surface area contributed by atoms with Crippen LogP contribution in [0.1, 0.15) is 54.4 Å². The number of hydrogen-bond acceptors (Lipinski definition) is 3. The zero-order valence-corrected chi connectivity index (χ0v) is 12.0. The Bertz CT molecular complexity index is 266. The monoisotopic (exact) mass is 241 g/mol. The second-order valence-corrected chi connectivity index (χ2v) is 5.53. The minimum Gasteiger partial charge on any atom is -0.444 e. The number of nitrogens with two attached hydrogens (primary N) is 1. The van der Waals surface area contributed by atoms with Crippen LogP contribution in [0, 0.1) is 11.8 Å². The number of allylic oxidation sites excluding steroid dienone is 1. The molecule has 1 unspecified atom stereocenters. The lowest BCUT2D eigenvalue weighted by atomic mass is 9.91. The molecule has 0 radical (unpaired) electrons. The fraction of sp³-hybridized carbons (Fsp3) is 0.786. The van der Waals surface area contributed by atoms with Crippen molar-refractivity contribution < 1.29 is 9.53 Å². The smallest absolute Gasteiger partial charge is 0.335 e. The number of esters is 1. The molecule has 17 heavy (non-hydrogen) atoms. The molecule has 0 rings (SSSR count). The Morgan fingerprint density at radius 2 is 1.47 bits per heavy atom. The molecule has 0 amide bonds. The second-order valence-electron chi connectivity index (χ2n) is 5.53. The van der Waals surface area contributed by atoms with Gasteiger partial charge in [-0.25, -0.2) is 4.79 Å². The molecule has 0 aromatic heterocycles. The van der Waals surface area contributed by atoms with Crippen LogP contribution in [0.2, 0.25) is 0 Å². The maximum Gasteiger partial charge on any atom is 0.335 e. The Kier molecular flexibility index (Phi) is 7.12. The number of carbonyl (C=O) groups excluding carboxylic acids is 1. The van der Waals surface area contributed by atoms with Gasteiger partial charge in [-0.05, 0) is 38.5 Å². The van der Waals surface area contributed by atoms with Crippen LogP contribution >= 0.6 is 0 Å². The molecular formula is C14H27NO2. The van der Waals surface area contributed by atoms with Crippen LogP contribution in [0.5, 0.6) is 0 Å². The molecule has 0 bridgehead atoms. The molecule has 0 saturated carbocycles. The average Bonchev–Trinajstić information content (AvgIpc) is 2.12. The van der Waals surface area contributed by atoms with Gasteiger partial charge in [0.1, 0.15) is 6.23 Å². The third-order valence-corrected chi connectivity index (χ3v) is 2.44. The van der Waals surface area contributed by atoms with Crippen LogP contribution in [0.3, 0.4) is 0 Å². The van der Waals surface area contributed by atoms with Gasteiger partial charge in [-0.2, -0.15) is 0 Å². The van der Waals surface area contributed by atoms with Crippen molar-refractivity contribution in [2.24, 2.45) is 17.6 Å². The highest BCUT2D eigenvalue weighted by Gasteiger charge is 2.15. The van der Waals surface area contributed by atoms with Crippen molar-refractivity contribution in [3.63, 3.8) is 0 Å². The van der Waals surface area contributed by atoms with Gasteiger partial charge in [0.2, 0.25) is 0 Å². The zero-order chi connectivity index (χ0) is 13.6. The van der Waals surface area contributed by atoms with E-state index in [-0.39, 0.29) is 5.97 Å². The lowest BCUT2D eigenvalue weighted by Crippen LogP contribution is -2.24. The largest absolute Gasteiger partial charge is 0.444 e. The van der Waals surface area contributed by atoms with Crippen molar-refractivity contribution in [1.29, 1.82) is 0 Å². The lowest BCUT2D eigenvalue weighted by molar-refractivity contribution is -0.143. The fourth-order valence-corrected chi connectivity index (χ4v) is 1.78. The normalized spacial score (nSPS) is 12.8. The molecule has 3 heteroatoms. The molecule has 0 aromatic carbocycles. The van der Waals surface area contributed by atoms with Crippen molar-refractivity contribution in [2.45, 2.75) is 60.6 Å². The Hall–Kier alpha value is -0.830. The van der Waals surface area contributed by atoms with Gasteiger partial charge in [0, 0.05) is 5.57 Å². The number of ether oxygens (including phenoxy) is 1. The Labute approximate surface area is 105 Å². The molecule has 1 atom stereocenters. The van der Waals surface area contributed by atoms with Gasteiger partial charge in [0.25, 0.3) is 0 Å². The molecule has 0 fully saturated rings. The molecule has 100 valence electrons. The second kappa shape index (κ2) is 7.49. The molecule has 0 aromatic rings. The summed E-state index contributed by atoms with van der Waals surface area (Å²) in [5.41, 5.74) is 7.39. The van der Waals surface area contributed by atoms with Gasteiger partial charge in [-0.15, -0.1) is 0 Å². The molecular weight excluding hydrogens is 214 g/mol. The molecule has 0 spiro atoms. The van der Waals surface area contributed by atoms with Gasteiger partial charge >= 0.3 is 5.97 Å². The third-order valence-electron chi connectivity index (χ3n) is 2.44. The standard InChI is InChI=1S/C14H27NO2/c1-9(2)7-13(8-10(3)4)11(5)14(16)17-12(6)15/h9-10,12H,7-8,15H2,1-6H3. The highest BCUT2D eigenvalue weighted by molar-refractivity contribution is 5.88. The molecule has 2 N–H and O–H groups in total. The van der Waals surface area contributed by atoms with Crippen molar-refractivity contribution in [3.05, 3.63) is 11.1 Å². The first-order valence-corrected chi connectivity index (χ1v) is 6.39. The molecule has 3 nitrogen and oxygen atoms in total. The Balaban J connectivity index is 4.87. The molecule has 0 aliphatic rings. The van der Waals surface area contributed by atoms with Crippen LogP contribution in [-0.2, 0) is 9.53 Å². The van der Waals surface area contributed by atoms with E-state index in [4.69, 9.17) is 10.5 Å². The summed E-state index contributed by atoms with van der Waals surface area (Å²) in [7, 11) is 0. The van der Waals surface area contributed by atoms with E-state index in [1.165, 1.54) is 5.57 Å². The van der Waals surface area contributed by atoms with E-state index in [1.807, 2.05) is 6.92 Å². The minimum atomic E-state index is -0.545. The van der Waals surface area contributed by atoms with Crippen molar-refractivity contribution in [1.82, 2.24) is 0 Å². The average molecular weight is 241 g/mol. The van der Waals surface area contributed by atoms with Crippen LogP contribution in [0.4, 0.5) is 0 Å². The maximum atomic E-state index is 11.8. The Morgan fingerprint density at radius 3 is 1.76 bits per heavy atom. The van der Waals surface area contributed by atoms with Crippen molar-refractivity contribution >= 4 is 5.97 Å². The first kappa shape index (κ1) is 16.2. The highest BCUT2D eigenvalue weighted by atomic mass is 16.6. The van der Waals surface area contributed by atoms with Crippen LogP contribution in [0.15, 0.2) is 11.1 Å². The van der Waals surface area contributed by atoms with E-state index in [2.05, 4.69) is 27.7 Å². The predicted molar refractivity (Wildman–Crippen MR) is 71.4 cm³/mol. The summed E-state index contributed by atoms with van der Waals surface area (Å²) in [5.74, 6) is 0.805. The van der Waals surface area contributed by atoms with E-state index in [0.717, 1.165) is 18.4 Å². The number of carbonyl (C=O) groups is 1. The minimum absolute atomic E-state index is 0.281. The van der Waals surface area contributed by atoms with Crippen molar-refractivity contribution in [3.8, 4) is 0 Å². The highest BCUT2D eigenvalue weighted by Crippen LogP contribution is 2.23. The summed E-state index contributed by atoms with van der Waals surface area (Å²) in [5, 5.41) is 0. The van der Waals surface area contributed by atoms with E-state index in [0.29, 0.717) is 11.8 Å². The summed E-state index contributed by atoms with van der Waals surface area (Å²) < 4.78 is 5.04. The summed E-state index contributed by atoms with van der Waals surface area (Å²) in [4.78, 5) is 11.8. The summed E-state index contributed by atoms with van der Waals surface area (Å²) >= 11 is 0. The summed E-state index contributed by atoms with van der Waals surface area (Å²) in [6, 6.07) is 0. The van der Waals surface area contributed by atoms with Gasteiger partial charge in [0.05, 0.1) is 0 Å². The maximum absolute atomic E-state index is 11.8. The summed E-state index contributed by atoms with van der Waals surface area (Å²) in [6.07, 6.45) is 1.34. The quantitative estimate of drug-likeness (QED) is 0.441. The number of hydrogen-bond donors (Lipinski definition) is 1. The number of rotatable bonds is 6. The Morgan fingerprint density at radius 1 is 1.06 bits per heavy atom. The lowest BCUT2D eigenvalue weighted by Gasteiger charge is -2.17. The van der Waals surface area contributed by atoms with E-state index < -0.39 is 6.23 Å². The topological polar surface area (TPSA) is 52.3 Å². The fourth-order valence-electron chi connectivity index (χ4n) is 1.78. The van der Waals surface area contributed by atoms with Gasteiger partial charge in [-0.3, -0.25) is 5.73 Å². The SMILES string of the molecule is CC(C(=O)OC(C)N)=C(CC(C)C)CC(C)C. The third kappa shape index (κ3) is 7.16. The molecule has 0 saturated heterocycles. The van der Waals surface area contributed by atoms with Crippen LogP contribution < -0.4 is 5.73 Å². The first-order chi connectivity index (χ1) is 7.73. The van der Waals surface area contributed by atoms with Crippen LogP contribution in [0.25, 0.3) is 0 Å². The van der Waals surface area contributed by atoms with Gasteiger partial charge in [0.15, 0.2) is 0 Å². The van der Waals surface area contributed by atoms with Gasteiger partial charge in [-0.1, -0.05) is 33.3 Å². The summed E-state index contributed by atoms with van der Waals surface area (Å²) in [6.45, 7) is 12.1. The van der Waals surface area contributed by atoms with Crippen molar-refractivity contribution in [2.75, 3.05) is 0 Å². The van der Waals surface area contributed by atoms with E-state index >= 15 is 0 Å². The first-order valence-electron chi connectivity index (χ1n) is 6.39. The van der Waals surface area contributed by atoms with Gasteiger partial charge < -0.3 is 4.74 Å². The van der Waals surface area contributed by atoms with E-state index in [9.17, 15) is 4.79 Å². The molecule has 0 heterocycles.